The second-order valence-electron chi connectivity index (χ2n) is 6.24. The summed E-state index contributed by atoms with van der Waals surface area (Å²) in [5.74, 6) is 0.625. The average molecular weight is 393 g/mol. The van der Waals surface area contributed by atoms with Crippen molar-refractivity contribution in [2.75, 3.05) is 5.32 Å². The van der Waals surface area contributed by atoms with Crippen LogP contribution in [0.1, 0.15) is 11.1 Å². The largest absolute Gasteiger partial charge is 0.489 e. The third-order valence-electron chi connectivity index (χ3n) is 4.28. The van der Waals surface area contributed by atoms with Gasteiger partial charge in [0.15, 0.2) is 5.82 Å². The van der Waals surface area contributed by atoms with Crippen LogP contribution < -0.4 is 10.1 Å². The van der Waals surface area contributed by atoms with Crippen molar-refractivity contribution in [3.63, 3.8) is 0 Å². The minimum absolute atomic E-state index is 0.151. The summed E-state index contributed by atoms with van der Waals surface area (Å²) in [5, 5.41) is 18.3. The number of aromatic nitrogens is 3. The number of nitrogens with zero attached hydrogens (tertiary/aromatic N) is 4. The van der Waals surface area contributed by atoms with Crippen LogP contribution in [0.15, 0.2) is 66.9 Å². The minimum Gasteiger partial charge on any atom is -0.489 e. The molecule has 0 amide bonds. The molecule has 0 saturated carbocycles. The highest BCUT2D eigenvalue weighted by Gasteiger charge is 2.15. The second-order valence-corrected chi connectivity index (χ2v) is 6.24. The maximum Gasteiger partial charge on any atom is 0.368 e. The lowest BCUT2D eigenvalue weighted by atomic mass is 10.2. The van der Waals surface area contributed by atoms with Crippen LogP contribution in [0.3, 0.4) is 0 Å². The van der Waals surface area contributed by atoms with Crippen LogP contribution in [-0.2, 0) is 13.2 Å². The molecule has 4 aromatic rings. The van der Waals surface area contributed by atoms with E-state index in [-0.39, 0.29) is 18.2 Å². The summed E-state index contributed by atoms with van der Waals surface area (Å²) in [6.45, 7) is 0.618. The highest BCUT2D eigenvalue weighted by molar-refractivity contribution is 5.48. The van der Waals surface area contributed by atoms with Gasteiger partial charge in [0.25, 0.3) is 0 Å². The Morgan fingerprint density at radius 2 is 1.90 bits per heavy atom. The Balaban J connectivity index is 1.38. The van der Waals surface area contributed by atoms with Gasteiger partial charge in [-0.3, -0.25) is 0 Å². The first kappa shape index (κ1) is 18.4. The van der Waals surface area contributed by atoms with Crippen LogP contribution in [0.2, 0.25) is 0 Å². The standard InChI is InChI=1S/C20H16FN5O3/c21-17-4-2-1-3-15(17)13-29-16-7-5-14(6-8-16)11-22-18-9-10-19-23-12-20(26(27)28)25(19)24-18/h1-10,12H,11,13H2,(H,22,24). The number of hydrogen-bond acceptors (Lipinski definition) is 6. The van der Waals surface area contributed by atoms with Crippen molar-refractivity contribution < 1.29 is 14.1 Å². The molecule has 2 heterocycles. The second kappa shape index (κ2) is 7.93. The van der Waals surface area contributed by atoms with E-state index in [0.29, 0.717) is 29.3 Å². The molecule has 1 N–H and O–H groups in total. The molecule has 0 fully saturated rings. The smallest absolute Gasteiger partial charge is 0.368 e. The first-order valence-corrected chi connectivity index (χ1v) is 8.78. The van der Waals surface area contributed by atoms with Gasteiger partial charge in [-0.1, -0.05) is 39.9 Å². The minimum atomic E-state index is -0.531. The van der Waals surface area contributed by atoms with Crippen molar-refractivity contribution in [3.05, 3.63) is 93.9 Å². The molecule has 0 radical (unpaired) electrons. The SMILES string of the molecule is O=[N+]([O-])c1cnc2ccc(NCc3ccc(OCc4ccccc4F)cc3)nn12. The van der Waals surface area contributed by atoms with E-state index >= 15 is 0 Å². The van der Waals surface area contributed by atoms with Gasteiger partial charge in [0, 0.05) is 18.2 Å². The Bertz CT molecular complexity index is 1160. The third-order valence-corrected chi connectivity index (χ3v) is 4.28. The number of halogens is 1. The molecule has 2 aromatic carbocycles. The van der Waals surface area contributed by atoms with E-state index in [1.807, 2.05) is 12.1 Å². The van der Waals surface area contributed by atoms with E-state index in [4.69, 9.17) is 4.74 Å². The maximum absolute atomic E-state index is 13.6. The number of rotatable bonds is 7. The predicted molar refractivity (Wildman–Crippen MR) is 104 cm³/mol. The summed E-state index contributed by atoms with van der Waals surface area (Å²) in [6.07, 6.45) is 1.17. The van der Waals surface area contributed by atoms with Gasteiger partial charge in [0.2, 0.25) is 5.65 Å². The molecule has 0 aliphatic rings. The molecule has 146 valence electrons. The zero-order valence-corrected chi connectivity index (χ0v) is 15.2. The van der Waals surface area contributed by atoms with Gasteiger partial charge < -0.3 is 20.2 Å². The van der Waals surface area contributed by atoms with E-state index in [9.17, 15) is 14.5 Å². The first-order chi connectivity index (χ1) is 14.1. The molecule has 0 unspecified atom stereocenters. The van der Waals surface area contributed by atoms with Crippen molar-refractivity contribution in [3.8, 4) is 5.75 Å². The summed E-state index contributed by atoms with van der Waals surface area (Å²) >= 11 is 0. The lowest BCUT2D eigenvalue weighted by Gasteiger charge is -2.09. The molecule has 0 aliphatic heterocycles. The lowest BCUT2D eigenvalue weighted by molar-refractivity contribution is -0.391. The van der Waals surface area contributed by atoms with Crippen molar-refractivity contribution in [1.82, 2.24) is 14.6 Å². The van der Waals surface area contributed by atoms with Crippen molar-refractivity contribution >= 4 is 17.3 Å². The lowest BCUT2D eigenvalue weighted by Crippen LogP contribution is -2.05. The topological polar surface area (TPSA) is 94.6 Å². The molecule has 2 aromatic heterocycles. The van der Waals surface area contributed by atoms with Crippen molar-refractivity contribution in [2.45, 2.75) is 13.2 Å². The Morgan fingerprint density at radius 3 is 2.66 bits per heavy atom. The van der Waals surface area contributed by atoms with Crippen LogP contribution >= 0.6 is 0 Å². The molecule has 4 rings (SSSR count). The number of nitrogens with one attached hydrogen (secondary N) is 1. The van der Waals surface area contributed by atoms with Crippen LogP contribution in [0, 0.1) is 15.9 Å². The summed E-state index contributed by atoms with van der Waals surface area (Å²) in [4.78, 5) is 14.4. The highest BCUT2D eigenvalue weighted by Crippen LogP contribution is 2.18. The normalized spacial score (nSPS) is 10.8. The van der Waals surface area contributed by atoms with E-state index < -0.39 is 4.92 Å². The molecule has 0 saturated heterocycles. The van der Waals surface area contributed by atoms with Crippen LogP contribution in [0.5, 0.6) is 5.75 Å². The Morgan fingerprint density at radius 1 is 1.10 bits per heavy atom. The van der Waals surface area contributed by atoms with Gasteiger partial charge in [0.05, 0.1) is 0 Å². The van der Waals surface area contributed by atoms with Gasteiger partial charge in [-0.05, 0) is 34.8 Å². The zero-order chi connectivity index (χ0) is 20.2. The Kier molecular flexibility index (Phi) is 5.02. The quantitative estimate of drug-likeness (QED) is 0.377. The molecule has 9 heteroatoms. The van der Waals surface area contributed by atoms with Crippen molar-refractivity contribution in [2.24, 2.45) is 0 Å². The average Bonchev–Trinajstić information content (AvgIpc) is 3.16. The van der Waals surface area contributed by atoms with Gasteiger partial charge in [0.1, 0.15) is 24.4 Å². The Labute approximate surface area is 164 Å². The third kappa shape index (κ3) is 4.13. The van der Waals surface area contributed by atoms with E-state index in [2.05, 4.69) is 15.4 Å². The van der Waals surface area contributed by atoms with Gasteiger partial charge in [-0.25, -0.2) is 9.37 Å². The molecule has 0 atom stereocenters. The number of nitro groups is 1. The number of benzene rings is 2. The molecule has 0 aliphatic carbocycles. The first-order valence-electron chi connectivity index (χ1n) is 8.78. The van der Waals surface area contributed by atoms with Gasteiger partial charge in [-0.15, -0.1) is 0 Å². The monoisotopic (exact) mass is 393 g/mol. The van der Waals surface area contributed by atoms with Gasteiger partial charge in [-0.2, -0.15) is 0 Å². The zero-order valence-electron chi connectivity index (χ0n) is 15.2. The fourth-order valence-electron chi connectivity index (χ4n) is 2.75. The maximum atomic E-state index is 13.6. The Hall–Kier alpha value is -4.01. The fraction of sp³-hybridized carbons (Fsp3) is 0.100. The van der Waals surface area contributed by atoms with E-state index in [0.717, 1.165) is 5.56 Å². The molecular weight excluding hydrogens is 377 g/mol. The number of anilines is 1. The summed E-state index contributed by atoms with van der Waals surface area (Å²) in [5.41, 5.74) is 1.86. The molecule has 0 bridgehead atoms. The summed E-state index contributed by atoms with van der Waals surface area (Å²) < 4.78 is 20.4. The number of fused-ring (bicyclic) bond motifs is 1. The molecular formula is C20H16FN5O3. The number of ether oxygens (including phenoxy) is 1. The number of hydrogen-bond donors (Lipinski definition) is 1. The predicted octanol–water partition coefficient (Wildman–Crippen LogP) is 3.97. The molecule has 29 heavy (non-hydrogen) atoms. The van der Waals surface area contributed by atoms with Gasteiger partial charge >= 0.3 is 5.82 Å². The molecule has 8 nitrogen and oxygen atoms in total. The fourth-order valence-corrected chi connectivity index (χ4v) is 2.75. The van der Waals surface area contributed by atoms with Crippen molar-refractivity contribution in [1.29, 1.82) is 0 Å². The number of imidazole rings is 1. The highest BCUT2D eigenvalue weighted by atomic mass is 19.1. The van der Waals surface area contributed by atoms with Crippen LogP contribution in [0.25, 0.3) is 5.65 Å². The summed E-state index contributed by atoms with van der Waals surface area (Å²) in [6, 6.07) is 17.2. The van der Waals surface area contributed by atoms with E-state index in [1.165, 1.54) is 16.8 Å². The van der Waals surface area contributed by atoms with Crippen LogP contribution in [0.4, 0.5) is 16.0 Å². The van der Waals surface area contributed by atoms with E-state index in [1.54, 1.807) is 42.5 Å². The summed E-state index contributed by atoms with van der Waals surface area (Å²) in [7, 11) is 0. The van der Waals surface area contributed by atoms with Crippen LogP contribution in [-0.4, -0.2) is 19.5 Å². The molecule has 0 spiro atoms.